The number of carboxylic acids is 1. The van der Waals surface area contributed by atoms with E-state index < -0.39 is 11.9 Å². The molecule has 4 rings (SSSR count). The largest absolute Gasteiger partial charge is 0.477 e. The molecule has 4 aromatic rings. The number of carbonyl (C=O) groups excluding carboxylic acids is 1. The molecule has 0 saturated carbocycles. The predicted molar refractivity (Wildman–Crippen MR) is 130 cm³/mol. The number of hydrogen-bond acceptors (Lipinski definition) is 6. The van der Waals surface area contributed by atoms with Gasteiger partial charge >= 0.3 is 5.97 Å². The van der Waals surface area contributed by atoms with Gasteiger partial charge in [0.1, 0.15) is 17.2 Å². The van der Waals surface area contributed by atoms with Crippen molar-refractivity contribution in [1.29, 1.82) is 0 Å². The number of nitrogens with zero attached hydrogens (tertiary/aromatic N) is 1. The number of aromatic nitrogens is 1. The van der Waals surface area contributed by atoms with Crippen LogP contribution in [0, 0.1) is 0 Å². The third kappa shape index (κ3) is 5.97. The van der Waals surface area contributed by atoms with E-state index in [1.54, 1.807) is 24.3 Å². The molecule has 1 heterocycles. The molecule has 166 valence electrons. The molecule has 0 bridgehead atoms. The number of para-hydroxylation sites is 2. The summed E-state index contributed by atoms with van der Waals surface area (Å²) in [5.74, 6) is -0.620. The van der Waals surface area contributed by atoms with Crippen LogP contribution in [0.5, 0.6) is 16.7 Å². The number of hydrogen-bond donors (Lipinski definition) is 2. The lowest BCUT2D eigenvalue weighted by Crippen LogP contribution is -2.31. The van der Waals surface area contributed by atoms with Gasteiger partial charge in [-0.2, -0.15) is 0 Å². The second kappa shape index (κ2) is 10.3. The highest BCUT2D eigenvalue weighted by molar-refractivity contribution is 9.10. The standard InChI is InChI=1S/C24H17BrN2O5S/c25-17-5-1-3-7-20(17)32-16-11-9-15(10-12-16)13-19(23(29)30)26-22(28)14-31-24-27-18-6-2-4-8-21(18)33-24/h1-13H,14H2,(H,26,28)(H,29,30)/b19-13-. The minimum absolute atomic E-state index is 0.271. The van der Waals surface area contributed by atoms with Crippen molar-refractivity contribution in [3.05, 3.63) is 88.5 Å². The van der Waals surface area contributed by atoms with E-state index in [9.17, 15) is 14.7 Å². The van der Waals surface area contributed by atoms with Gasteiger partial charge in [-0.15, -0.1) is 0 Å². The van der Waals surface area contributed by atoms with Gasteiger partial charge in [-0.05, 0) is 64.0 Å². The van der Waals surface area contributed by atoms with Gasteiger partial charge in [0.2, 0.25) is 0 Å². The Morgan fingerprint density at radius 3 is 2.48 bits per heavy atom. The van der Waals surface area contributed by atoms with Crippen molar-refractivity contribution in [2.75, 3.05) is 6.61 Å². The monoisotopic (exact) mass is 524 g/mol. The first kappa shape index (κ1) is 22.5. The molecule has 0 fully saturated rings. The fourth-order valence-corrected chi connectivity index (χ4v) is 4.01. The number of nitrogens with one attached hydrogen (secondary N) is 1. The fourth-order valence-electron chi connectivity index (χ4n) is 2.83. The Bertz CT molecular complexity index is 1300. The summed E-state index contributed by atoms with van der Waals surface area (Å²) in [5.41, 5.74) is 1.09. The molecule has 0 aliphatic rings. The molecular formula is C24H17BrN2O5S. The van der Waals surface area contributed by atoms with Crippen molar-refractivity contribution in [1.82, 2.24) is 10.3 Å². The van der Waals surface area contributed by atoms with Crippen LogP contribution in [0.25, 0.3) is 16.3 Å². The highest BCUT2D eigenvalue weighted by Gasteiger charge is 2.14. The highest BCUT2D eigenvalue weighted by Crippen LogP contribution is 2.29. The average molecular weight is 525 g/mol. The van der Waals surface area contributed by atoms with Gasteiger partial charge in [-0.3, -0.25) is 4.79 Å². The predicted octanol–water partition coefficient (Wildman–Crippen LogP) is 5.47. The molecule has 0 saturated heterocycles. The van der Waals surface area contributed by atoms with E-state index in [2.05, 4.69) is 26.2 Å². The lowest BCUT2D eigenvalue weighted by atomic mass is 10.2. The number of carboxylic acid groups (broad SMARTS) is 1. The Morgan fingerprint density at radius 2 is 1.76 bits per heavy atom. The average Bonchev–Trinajstić information content (AvgIpc) is 3.23. The zero-order valence-corrected chi connectivity index (χ0v) is 19.4. The van der Waals surface area contributed by atoms with Crippen LogP contribution in [-0.4, -0.2) is 28.6 Å². The number of amides is 1. The maximum atomic E-state index is 12.2. The molecule has 7 nitrogen and oxygen atoms in total. The molecule has 33 heavy (non-hydrogen) atoms. The number of aliphatic carboxylic acids is 1. The van der Waals surface area contributed by atoms with E-state index in [0.717, 1.165) is 14.7 Å². The van der Waals surface area contributed by atoms with Gasteiger partial charge in [0.05, 0.1) is 14.7 Å². The van der Waals surface area contributed by atoms with E-state index >= 15 is 0 Å². The Kier molecular flexibility index (Phi) is 7.01. The van der Waals surface area contributed by atoms with Crippen LogP contribution in [0.15, 0.2) is 83.0 Å². The van der Waals surface area contributed by atoms with Crippen LogP contribution in [0.1, 0.15) is 5.56 Å². The molecule has 0 radical (unpaired) electrons. The molecule has 0 spiro atoms. The Balaban J connectivity index is 1.38. The summed E-state index contributed by atoms with van der Waals surface area (Å²) < 4.78 is 13.0. The number of halogens is 1. The van der Waals surface area contributed by atoms with Crippen LogP contribution in [-0.2, 0) is 9.59 Å². The Labute approximate surface area is 201 Å². The molecule has 1 aromatic heterocycles. The summed E-state index contributed by atoms with van der Waals surface area (Å²) in [6, 6.07) is 21.8. The van der Waals surface area contributed by atoms with E-state index in [-0.39, 0.29) is 12.3 Å². The number of fused-ring (bicyclic) bond motifs is 1. The molecule has 0 unspecified atom stereocenters. The van der Waals surface area contributed by atoms with Crippen LogP contribution < -0.4 is 14.8 Å². The van der Waals surface area contributed by atoms with Gasteiger partial charge in [0.15, 0.2) is 6.61 Å². The molecular weight excluding hydrogens is 508 g/mol. The maximum absolute atomic E-state index is 12.2. The zero-order chi connectivity index (χ0) is 23.2. The fraction of sp³-hybridized carbons (Fsp3) is 0.0417. The number of benzene rings is 3. The second-order valence-electron chi connectivity index (χ2n) is 6.75. The van der Waals surface area contributed by atoms with Gasteiger partial charge in [0, 0.05) is 0 Å². The third-order valence-electron chi connectivity index (χ3n) is 4.36. The first-order chi connectivity index (χ1) is 16.0. The van der Waals surface area contributed by atoms with Crippen LogP contribution in [0.4, 0.5) is 0 Å². The molecule has 2 N–H and O–H groups in total. The summed E-state index contributed by atoms with van der Waals surface area (Å²) in [6.07, 6.45) is 1.36. The van der Waals surface area contributed by atoms with Crippen molar-refractivity contribution in [2.24, 2.45) is 0 Å². The summed E-state index contributed by atoms with van der Waals surface area (Å²) >= 11 is 4.73. The highest BCUT2D eigenvalue weighted by atomic mass is 79.9. The minimum Gasteiger partial charge on any atom is -0.477 e. The van der Waals surface area contributed by atoms with E-state index in [4.69, 9.17) is 9.47 Å². The van der Waals surface area contributed by atoms with Crippen molar-refractivity contribution < 1.29 is 24.2 Å². The number of rotatable bonds is 8. The lowest BCUT2D eigenvalue weighted by molar-refractivity contribution is -0.134. The molecule has 1 amide bonds. The zero-order valence-electron chi connectivity index (χ0n) is 17.0. The summed E-state index contributed by atoms with van der Waals surface area (Å²) in [7, 11) is 0. The van der Waals surface area contributed by atoms with Crippen molar-refractivity contribution in [2.45, 2.75) is 0 Å². The van der Waals surface area contributed by atoms with E-state index in [0.29, 0.717) is 22.3 Å². The van der Waals surface area contributed by atoms with Crippen LogP contribution in [0.3, 0.4) is 0 Å². The SMILES string of the molecule is O=C(COc1nc2ccccc2s1)N/C(=C\c1ccc(Oc2ccccc2Br)cc1)C(=O)O. The Hall–Kier alpha value is -3.69. The normalized spacial score (nSPS) is 11.2. The first-order valence-electron chi connectivity index (χ1n) is 9.73. The molecule has 0 atom stereocenters. The summed E-state index contributed by atoms with van der Waals surface area (Å²) in [5, 5.41) is 12.2. The van der Waals surface area contributed by atoms with Crippen molar-refractivity contribution >= 4 is 55.4 Å². The lowest BCUT2D eigenvalue weighted by Gasteiger charge is -2.08. The molecule has 9 heteroatoms. The third-order valence-corrected chi connectivity index (χ3v) is 5.97. The van der Waals surface area contributed by atoms with Crippen LogP contribution >= 0.6 is 27.3 Å². The maximum Gasteiger partial charge on any atom is 0.352 e. The van der Waals surface area contributed by atoms with E-state index in [1.807, 2.05) is 48.5 Å². The summed E-state index contributed by atoms with van der Waals surface area (Å²) in [4.78, 5) is 28.1. The number of thiazole rings is 1. The smallest absolute Gasteiger partial charge is 0.352 e. The van der Waals surface area contributed by atoms with Gasteiger partial charge in [-0.25, -0.2) is 9.78 Å². The van der Waals surface area contributed by atoms with E-state index in [1.165, 1.54) is 17.4 Å². The van der Waals surface area contributed by atoms with Crippen molar-refractivity contribution in [3.8, 4) is 16.7 Å². The number of carbonyl (C=O) groups is 2. The quantitative estimate of drug-likeness (QED) is 0.296. The van der Waals surface area contributed by atoms with Crippen LogP contribution in [0.2, 0.25) is 0 Å². The molecule has 3 aromatic carbocycles. The minimum atomic E-state index is -1.27. The molecule has 0 aliphatic carbocycles. The topological polar surface area (TPSA) is 97.8 Å². The molecule has 0 aliphatic heterocycles. The van der Waals surface area contributed by atoms with Gasteiger partial charge in [-0.1, -0.05) is 47.7 Å². The second-order valence-corrected chi connectivity index (χ2v) is 8.60. The first-order valence-corrected chi connectivity index (χ1v) is 11.3. The van der Waals surface area contributed by atoms with Gasteiger partial charge < -0.3 is 19.9 Å². The van der Waals surface area contributed by atoms with Gasteiger partial charge in [0.25, 0.3) is 11.1 Å². The number of ether oxygens (including phenoxy) is 2. The Morgan fingerprint density at radius 1 is 1.03 bits per heavy atom. The summed E-state index contributed by atoms with van der Waals surface area (Å²) in [6.45, 7) is -0.358. The van der Waals surface area contributed by atoms with Crippen molar-refractivity contribution in [3.63, 3.8) is 0 Å².